The molecule has 0 saturated carbocycles. The molecule has 0 amide bonds. The predicted octanol–water partition coefficient (Wildman–Crippen LogP) is 5.52. The van der Waals surface area contributed by atoms with Gasteiger partial charge in [-0.05, 0) is 37.5 Å². The molecule has 0 N–H and O–H groups in total. The van der Waals surface area contributed by atoms with Crippen LogP contribution in [0.4, 0.5) is 0 Å². The second kappa shape index (κ2) is 9.96. The smallest absolute Gasteiger partial charge is 0.347 e. The van der Waals surface area contributed by atoms with Gasteiger partial charge in [-0.1, -0.05) is 56.3 Å². The molecule has 2 atom stereocenters. The number of carbonyl (C=O) groups excluding carboxylic acids is 1. The summed E-state index contributed by atoms with van der Waals surface area (Å²) < 4.78 is 10.9. The Hall–Kier alpha value is -0.930. The molecule has 124 valence electrons. The first kappa shape index (κ1) is 19.1. The average molecular weight is 347 g/mol. The number of halogens is 2. The summed E-state index contributed by atoms with van der Waals surface area (Å²) in [4.78, 5) is 12.0. The van der Waals surface area contributed by atoms with Crippen molar-refractivity contribution in [2.45, 2.75) is 52.6 Å². The van der Waals surface area contributed by atoms with Crippen molar-refractivity contribution in [1.82, 2.24) is 0 Å². The third kappa shape index (κ3) is 6.89. The van der Waals surface area contributed by atoms with Crippen LogP contribution in [-0.4, -0.2) is 18.7 Å². The van der Waals surface area contributed by atoms with Crippen LogP contribution in [-0.2, 0) is 9.53 Å². The Balaban J connectivity index is 2.47. The van der Waals surface area contributed by atoms with Crippen molar-refractivity contribution in [2.75, 3.05) is 6.61 Å². The third-order valence-electron chi connectivity index (χ3n) is 3.49. The monoisotopic (exact) mass is 346 g/mol. The minimum Gasteiger partial charge on any atom is -0.479 e. The normalized spacial score (nSPS) is 13.5. The van der Waals surface area contributed by atoms with E-state index in [4.69, 9.17) is 32.7 Å². The fourth-order valence-corrected chi connectivity index (χ4v) is 2.57. The highest BCUT2D eigenvalue weighted by Gasteiger charge is 2.18. The number of esters is 1. The summed E-state index contributed by atoms with van der Waals surface area (Å²) >= 11 is 11.8. The summed E-state index contributed by atoms with van der Waals surface area (Å²) in [6.45, 7) is 6.37. The van der Waals surface area contributed by atoms with Crippen LogP contribution in [0.15, 0.2) is 18.2 Å². The predicted molar refractivity (Wildman–Crippen MR) is 90.8 cm³/mol. The van der Waals surface area contributed by atoms with Gasteiger partial charge >= 0.3 is 5.97 Å². The molecular formula is C17H24Cl2O3. The summed E-state index contributed by atoms with van der Waals surface area (Å²) in [6, 6.07) is 4.85. The lowest BCUT2D eigenvalue weighted by Gasteiger charge is -2.18. The Labute approximate surface area is 142 Å². The van der Waals surface area contributed by atoms with E-state index < -0.39 is 6.10 Å². The van der Waals surface area contributed by atoms with E-state index in [-0.39, 0.29) is 5.97 Å². The van der Waals surface area contributed by atoms with Crippen molar-refractivity contribution >= 4 is 29.2 Å². The van der Waals surface area contributed by atoms with Gasteiger partial charge in [-0.15, -0.1) is 0 Å². The standard InChI is InChI=1S/C17H24Cl2O3/c1-4-6-7-13(5-2)11-21-17(20)12(3)22-16-9-14(18)8-15(19)10-16/h8-10,12-13H,4-7,11H2,1-3H3. The van der Waals surface area contributed by atoms with E-state index in [9.17, 15) is 4.79 Å². The summed E-state index contributed by atoms with van der Waals surface area (Å²) in [5, 5.41) is 0.933. The fourth-order valence-electron chi connectivity index (χ4n) is 2.06. The van der Waals surface area contributed by atoms with Crippen LogP contribution >= 0.6 is 23.2 Å². The number of unbranched alkanes of at least 4 members (excludes halogenated alkanes) is 1. The molecular weight excluding hydrogens is 323 g/mol. The Morgan fingerprint density at radius 3 is 2.36 bits per heavy atom. The zero-order valence-corrected chi connectivity index (χ0v) is 14.9. The van der Waals surface area contributed by atoms with E-state index in [0.717, 1.165) is 25.7 Å². The molecule has 0 aliphatic heterocycles. The van der Waals surface area contributed by atoms with Gasteiger partial charge in [0.1, 0.15) is 5.75 Å². The van der Waals surface area contributed by atoms with Crippen LogP contribution in [0.5, 0.6) is 5.75 Å². The van der Waals surface area contributed by atoms with Crippen LogP contribution in [0.25, 0.3) is 0 Å². The van der Waals surface area contributed by atoms with Gasteiger partial charge in [0.15, 0.2) is 6.10 Å². The first-order valence-electron chi connectivity index (χ1n) is 7.75. The zero-order chi connectivity index (χ0) is 16.5. The quantitative estimate of drug-likeness (QED) is 0.552. The molecule has 0 aliphatic rings. The van der Waals surface area contributed by atoms with Gasteiger partial charge in [0.2, 0.25) is 0 Å². The molecule has 5 heteroatoms. The number of ether oxygens (including phenoxy) is 2. The van der Waals surface area contributed by atoms with Crippen molar-refractivity contribution in [1.29, 1.82) is 0 Å². The minimum absolute atomic E-state index is 0.369. The first-order chi connectivity index (χ1) is 10.5. The lowest BCUT2D eigenvalue weighted by molar-refractivity contribution is -0.152. The molecule has 0 fully saturated rings. The van der Waals surface area contributed by atoms with E-state index in [1.54, 1.807) is 25.1 Å². The summed E-state index contributed by atoms with van der Waals surface area (Å²) in [7, 11) is 0. The van der Waals surface area contributed by atoms with Gasteiger partial charge in [-0.2, -0.15) is 0 Å². The maximum atomic E-state index is 12.0. The van der Waals surface area contributed by atoms with Crippen LogP contribution in [0.1, 0.15) is 46.5 Å². The number of carbonyl (C=O) groups is 1. The van der Waals surface area contributed by atoms with Crippen molar-refractivity contribution in [2.24, 2.45) is 5.92 Å². The van der Waals surface area contributed by atoms with Crippen molar-refractivity contribution < 1.29 is 14.3 Å². The van der Waals surface area contributed by atoms with Crippen molar-refractivity contribution in [3.63, 3.8) is 0 Å². The Morgan fingerprint density at radius 2 is 1.82 bits per heavy atom. The third-order valence-corrected chi connectivity index (χ3v) is 3.92. The van der Waals surface area contributed by atoms with Gasteiger partial charge in [0.05, 0.1) is 6.61 Å². The van der Waals surface area contributed by atoms with E-state index in [2.05, 4.69) is 13.8 Å². The van der Waals surface area contributed by atoms with Crippen molar-refractivity contribution in [3.8, 4) is 5.75 Å². The minimum atomic E-state index is -0.696. The topological polar surface area (TPSA) is 35.5 Å². The largest absolute Gasteiger partial charge is 0.479 e. The Morgan fingerprint density at radius 1 is 1.18 bits per heavy atom. The number of hydrogen-bond acceptors (Lipinski definition) is 3. The van der Waals surface area contributed by atoms with E-state index >= 15 is 0 Å². The lowest BCUT2D eigenvalue weighted by atomic mass is 10.0. The highest BCUT2D eigenvalue weighted by molar-refractivity contribution is 6.34. The molecule has 2 unspecified atom stereocenters. The highest BCUT2D eigenvalue weighted by atomic mass is 35.5. The molecule has 0 bridgehead atoms. The summed E-state index contributed by atoms with van der Waals surface area (Å²) in [6.07, 6.45) is 3.70. The van der Waals surface area contributed by atoms with Crippen LogP contribution in [0.2, 0.25) is 10.0 Å². The average Bonchev–Trinajstić information content (AvgIpc) is 2.46. The summed E-state index contributed by atoms with van der Waals surface area (Å²) in [5.41, 5.74) is 0. The Kier molecular flexibility index (Phi) is 8.66. The number of benzene rings is 1. The number of rotatable bonds is 9. The number of hydrogen-bond donors (Lipinski definition) is 0. The second-order valence-corrected chi connectivity index (χ2v) is 6.28. The van der Waals surface area contributed by atoms with E-state index in [1.165, 1.54) is 0 Å². The van der Waals surface area contributed by atoms with E-state index in [0.29, 0.717) is 28.3 Å². The molecule has 1 aromatic carbocycles. The highest BCUT2D eigenvalue weighted by Crippen LogP contribution is 2.25. The molecule has 0 aromatic heterocycles. The fraction of sp³-hybridized carbons (Fsp3) is 0.588. The molecule has 1 rings (SSSR count). The molecule has 3 nitrogen and oxygen atoms in total. The molecule has 0 heterocycles. The van der Waals surface area contributed by atoms with Crippen LogP contribution < -0.4 is 4.74 Å². The molecule has 1 aromatic rings. The van der Waals surface area contributed by atoms with Crippen molar-refractivity contribution in [3.05, 3.63) is 28.2 Å². The summed E-state index contributed by atoms with van der Waals surface area (Å²) in [5.74, 6) is 0.503. The first-order valence-corrected chi connectivity index (χ1v) is 8.51. The van der Waals surface area contributed by atoms with Gasteiger partial charge in [-0.3, -0.25) is 0 Å². The maximum Gasteiger partial charge on any atom is 0.347 e. The molecule has 22 heavy (non-hydrogen) atoms. The van der Waals surface area contributed by atoms with Crippen LogP contribution in [0, 0.1) is 5.92 Å². The maximum absolute atomic E-state index is 12.0. The molecule has 0 radical (unpaired) electrons. The van der Waals surface area contributed by atoms with Gasteiger partial charge < -0.3 is 9.47 Å². The van der Waals surface area contributed by atoms with Crippen LogP contribution in [0.3, 0.4) is 0 Å². The molecule has 0 saturated heterocycles. The van der Waals surface area contributed by atoms with Gasteiger partial charge in [0, 0.05) is 10.0 Å². The second-order valence-electron chi connectivity index (χ2n) is 5.41. The Bertz CT molecular complexity index is 457. The van der Waals surface area contributed by atoms with Gasteiger partial charge in [-0.25, -0.2) is 4.79 Å². The zero-order valence-electron chi connectivity index (χ0n) is 13.4. The molecule has 0 spiro atoms. The molecule has 0 aliphatic carbocycles. The van der Waals surface area contributed by atoms with E-state index in [1.807, 2.05) is 0 Å². The lowest BCUT2D eigenvalue weighted by Crippen LogP contribution is -2.28. The SMILES string of the molecule is CCCCC(CC)COC(=O)C(C)Oc1cc(Cl)cc(Cl)c1. The van der Waals surface area contributed by atoms with Gasteiger partial charge in [0.25, 0.3) is 0 Å².